The van der Waals surface area contributed by atoms with Crippen molar-refractivity contribution >= 4 is 80.7 Å². The second-order valence-corrected chi connectivity index (χ2v) is 32.3. The highest BCUT2D eigenvalue weighted by atomic mass is 16.5. The van der Waals surface area contributed by atoms with Crippen molar-refractivity contribution in [3.63, 3.8) is 0 Å². The van der Waals surface area contributed by atoms with E-state index in [0.29, 0.717) is 66.3 Å². The Morgan fingerprint density at radius 2 is 0.932 bits per heavy atom. The average molecular weight is 1600 g/mol. The molecular weight excluding hydrogens is 1510 g/mol. The van der Waals surface area contributed by atoms with Crippen molar-refractivity contribution in [3.8, 4) is 56.8 Å². The van der Waals surface area contributed by atoms with Crippen molar-refractivity contribution in [2.24, 2.45) is 30.7 Å². The Hall–Kier alpha value is -12.2. The van der Waals surface area contributed by atoms with Crippen LogP contribution in [0.25, 0.3) is 43.8 Å². The zero-order valence-electron chi connectivity index (χ0n) is 66.6. The summed E-state index contributed by atoms with van der Waals surface area (Å²) in [6.07, 6.45) is 19.1. The predicted molar refractivity (Wildman–Crippen MR) is 427 cm³/mol. The Morgan fingerprint density at radius 1 is 0.530 bits per heavy atom. The summed E-state index contributed by atoms with van der Waals surface area (Å²) >= 11 is 0. The number of aromatic nitrogens is 4. The van der Waals surface area contributed by atoms with Crippen molar-refractivity contribution in [1.82, 2.24) is 54.7 Å². The Morgan fingerprint density at radius 3 is 1.32 bits per heavy atom. The average Bonchev–Trinajstić information content (AvgIpc) is 1.69. The number of carbonyl (C=O) groups is 10. The minimum absolute atomic E-state index is 0.00000292. The molecule has 2 atom stereocenters. The van der Waals surface area contributed by atoms with E-state index in [1.807, 2.05) is 48.8 Å². The highest BCUT2D eigenvalue weighted by molar-refractivity contribution is 6.25. The zero-order chi connectivity index (χ0) is 83.2. The van der Waals surface area contributed by atoms with Crippen molar-refractivity contribution in [2.75, 3.05) is 68.8 Å². The summed E-state index contributed by atoms with van der Waals surface area (Å²) in [6.45, 7) is 3.65. The van der Waals surface area contributed by atoms with Gasteiger partial charge in [0.15, 0.2) is 0 Å². The molecule has 117 heavy (non-hydrogen) atoms. The molecule has 4 bridgehead atoms. The van der Waals surface area contributed by atoms with Crippen LogP contribution < -0.4 is 61.2 Å². The van der Waals surface area contributed by atoms with E-state index < -0.39 is 65.3 Å². The van der Waals surface area contributed by atoms with Gasteiger partial charge in [0.05, 0.1) is 85.8 Å². The zero-order valence-corrected chi connectivity index (χ0v) is 66.6. The number of imide groups is 4. The van der Waals surface area contributed by atoms with Crippen molar-refractivity contribution in [1.29, 1.82) is 0 Å². The SMILES string of the molecule is COc1cc(-c2cn(C)c(=O)c3cnccc23)cc(OC)c1CN(C)CC12CC(N)(C1)C2.COc1cc(-c2cn(C)c(=O)c3cnccc23)cc(OC)c1CN(C)CC12CC(NC(=O)CCCCOc3cccc4c3C(=O)N(C3CCC(=O)NC3=O)C4=O)(C1)C2.O=C(O)CCCCOc1cccc2c1C(=O)N(C1CCC(=O)NC1=O)C2=O. The van der Waals surface area contributed by atoms with Crippen LogP contribution in [0.5, 0.6) is 34.5 Å². The highest BCUT2D eigenvalue weighted by Crippen LogP contribution is 2.68. The first kappa shape index (κ1) is 81.4. The van der Waals surface area contributed by atoms with Crippen molar-refractivity contribution < 1.29 is 81.5 Å². The number of hydrogen-bond donors (Lipinski definition) is 5. The number of carboxylic acid groups (broad SMARTS) is 1. The van der Waals surface area contributed by atoms with E-state index in [-0.39, 0.29) is 113 Å². The van der Waals surface area contributed by atoms with Gasteiger partial charge in [-0.1, -0.05) is 12.1 Å². The van der Waals surface area contributed by atoms with E-state index >= 15 is 0 Å². The first-order valence-electron chi connectivity index (χ1n) is 39.0. The molecule has 8 fully saturated rings. The summed E-state index contributed by atoms with van der Waals surface area (Å²) in [5, 5.41) is 19.0. The fraction of sp³-hybridized carbons (Fsp3) is 0.419. The van der Waals surface area contributed by atoms with Crippen LogP contribution in [0.1, 0.15) is 155 Å². The van der Waals surface area contributed by atoms with Crippen LogP contribution in [0.15, 0.2) is 120 Å². The van der Waals surface area contributed by atoms with Gasteiger partial charge < -0.3 is 63.5 Å². The van der Waals surface area contributed by atoms with E-state index in [4.69, 9.17) is 39.3 Å². The van der Waals surface area contributed by atoms with Gasteiger partial charge in [-0.3, -0.25) is 87.9 Å². The molecule has 31 nitrogen and oxygen atoms in total. The first-order valence-corrected chi connectivity index (χ1v) is 39.0. The second kappa shape index (κ2) is 32.8. The smallest absolute Gasteiger partial charge is 0.303 e. The molecule has 4 aromatic heterocycles. The summed E-state index contributed by atoms with van der Waals surface area (Å²) in [5.41, 5.74) is 12.6. The Labute approximate surface area is 673 Å². The highest BCUT2D eigenvalue weighted by Gasteiger charge is 2.68. The molecular formula is C86H94N12O19. The number of hydrogen-bond acceptors (Lipinski definition) is 23. The van der Waals surface area contributed by atoms with Gasteiger partial charge in [0.1, 0.15) is 46.6 Å². The molecule has 18 rings (SSSR count). The number of methoxy groups -OCH3 is 4. The van der Waals surface area contributed by atoms with Crippen LogP contribution in [0.3, 0.4) is 0 Å². The maximum absolute atomic E-state index is 13.3. The number of amides is 9. The predicted octanol–water partition coefficient (Wildman–Crippen LogP) is 7.39. The normalized spacial score (nSPS) is 21.8. The number of nitrogens with two attached hydrogens (primary N) is 1. The van der Waals surface area contributed by atoms with E-state index in [2.05, 4.69) is 49.8 Å². The minimum Gasteiger partial charge on any atom is -0.496 e. The monoisotopic (exact) mass is 1600 g/mol. The van der Waals surface area contributed by atoms with E-state index in [0.717, 1.165) is 124 Å². The fourth-order valence-corrected chi connectivity index (χ4v) is 18.7. The van der Waals surface area contributed by atoms with Gasteiger partial charge in [0, 0.05) is 125 Å². The molecule has 4 aromatic carbocycles. The molecule has 31 heteroatoms. The minimum atomic E-state index is -1.05. The van der Waals surface area contributed by atoms with Gasteiger partial charge in [-0.25, -0.2) is 0 Å². The van der Waals surface area contributed by atoms with Crippen LogP contribution in [0.2, 0.25) is 0 Å². The summed E-state index contributed by atoms with van der Waals surface area (Å²) in [6, 6.07) is 19.0. The standard InChI is InChI=1S/C43H46N6O9.C25H30N4O3.C18H18N2O7/c1-47(19-30-33(56-3)16-25(17-34(30)57-4)29-20-48(2)39(53)28-18-44-14-13-26(28)29)24-42-21-43(22-42,23-42)46-36(51)10-5-6-15-58-32-9-7-8-27-37(32)41(55)49(40(27)54)31-11-12-35(50)45-38(31)52;1-28(15-24-12-25(26,13-24)14-24)10-20-21(31-3)7-16(8-22(20)32-4)19-11-29(2)23(30)18-9-27-6-5-17(18)19;21-13-8-7-11(16(24)19-13)20-17(25)10-4-3-5-12(15(10)18(20)26)27-9-2-1-6-14(22)23/h7-9,13-14,16-18,20,31H,5-6,10-12,15,19,21-24H2,1-4H3,(H,46,51)(H,45,50,52);5-9,11H,10,12-15,26H2,1-4H3;3-5,11H,1-2,6-9H2,(H,22,23)(H,19,21,24). The molecule has 4 aliphatic heterocycles. The largest absolute Gasteiger partial charge is 0.496 e. The number of aliphatic carboxylic acids is 1. The molecule has 8 aromatic rings. The third-order valence-electron chi connectivity index (χ3n) is 23.6. The molecule has 2 unspecified atom stereocenters. The lowest BCUT2D eigenvalue weighted by Crippen LogP contribution is -2.76. The number of pyridine rings is 4. The number of aryl methyl sites for hydroxylation is 2. The molecule has 612 valence electrons. The fourth-order valence-electron chi connectivity index (χ4n) is 18.7. The molecule has 2 saturated heterocycles. The van der Waals surface area contributed by atoms with Crippen LogP contribution in [-0.4, -0.2) is 195 Å². The molecule has 8 heterocycles. The number of carboxylic acids is 1. The quantitative estimate of drug-likeness (QED) is 0.0225. The van der Waals surface area contributed by atoms with E-state index in [9.17, 15) is 57.5 Å². The Bertz CT molecular complexity index is 5450. The third kappa shape index (κ3) is 16.1. The molecule has 6 N–H and O–H groups in total. The molecule has 0 radical (unpaired) electrons. The number of fused-ring (bicyclic) bond motifs is 4. The van der Waals surface area contributed by atoms with Crippen LogP contribution in [-0.2, 0) is 56.0 Å². The van der Waals surface area contributed by atoms with Gasteiger partial charge in [-0.2, -0.15) is 0 Å². The molecule has 9 amide bonds. The summed E-state index contributed by atoms with van der Waals surface area (Å²) in [4.78, 5) is 163. The Kier molecular flexibility index (Phi) is 22.8. The maximum Gasteiger partial charge on any atom is 0.303 e. The molecule has 6 aliphatic carbocycles. The Balaban J connectivity index is 0.000000160. The van der Waals surface area contributed by atoms with Crippen molar-refractivity contribution in [3.05, 3.63) is 164 Å². The summed E-state index contributed by atoms with van der Waals surface area (Å²) < 4.78 is 38.1. The first-order chi connectivity index (χ1) is 56.0. The van der Waals surface area contributed by atoms with Crippen LogP contribution in [0.4, 0.5) is 0 Å². The van der Waals surface area contributed by atoms with Gasteiger partial charge in [0.25, 0.3) is 34.7 Å². The van der Waals surface area contributed by atoms with Crippen LogP contribution >= 0.6 is 0 Å². The van der Waals surface area contributed by atoms with Crippen LogP contribution in [0, 0.1) is 10.8 Å². The van der Waals surface area contributed by atoms with Gasteiger partial charge in [0.2, 0.25) is 29.5 Å². The number of benzene rings is 4. The maximum atomic E-state index is 13.3. The summed E-state index contributed by atoms with van der Waals surface area (Å²) in [5.74, 6) is -2.13. The molecule has 10 aliphatic rings. The number of unbranched alkanes of at least 4 members (excludes halogenated alkanes) is 2. The number of rotatable bonds is 29. The van der Waals surface area contributed by atoms with Crippen molar-refractivity contribution in [2.45, 2.75) is 139 Å². The number of piperidine rings is 2. The van der Waals surface area contributed by atoms with Gasteiger partial charge in [-0.15, -0.1) is 0 Å². The number of nitrogens with one attached hydrogen (secondary N) is 3. The lowest BCUT2D eigenvalue weighted by atomic mass is 9.39. The second-order valence-electron chi connectivity index (χ2n) is 32.3. The topological polar surface area (TPSA) is 391 Å². The number of nitrogens with zero attached hydrogens (tertiary/aromatic N) is 8. The lowest BCUT2D eigenvalue weighted by Gasteiger charge is -2.71. The third-order valence-corrected chi connectivity index (χ3v) is 23.6. The van der Waals surface area contributed by atoms with E-state index in [1.165, 1.54) is 12.1 Å². The van der Waals surface area contributed by atoms with E-state index in [1.54, 1.807) is 101 Å². The van der Waals surface area contributed by atoms with Gasteiger partial charge in [-0.05, 0) is 185 Å². The number of carbonyl (C=O) groups excluding carboxylic acids is 9. The number of ether oxygens (including phenoxy) is 6. The molecule has 0 spiro atoms. The molecule has 6 saturated carbocycles. The lowest BCUT2D eigenvalue weighted by molar-refractivity contribution is -0.173. The van der Waals surface area contributed by atoms with Gasteiger partial charge >= 0.3 is 5.97 Å². The summed E-state index contributed by atoms with van der Waals surface area (Å²) in [7, 11) is 14.4.